The fraction of sp³-hybridized carbons (Fsp3) is 0.588. The Bertz CT molecular complexity index is 586. The molecule has 24 heavy (non-hydrogen) atoms. The molecule has 1 saturated carbocycles. The van der Waals surface area contributed by atoms with Crippen molar-refractivity contribution in [2.75, 3.05) is 12.4 Å². The van der Waals surface area contributed by atoms with Gasteiger partial charge in [0.15, 0.2) is 0 Å². The zero-order valence-corrected chi connectivity index (χ0v) is 14.7. The molecule has 0 bridgehead atoms. The van der Waals surface area contributed by atoms with Gasteiger partial charge in [-0.1, -0.05) is 23.8 Å². The molecule has 1 fully saturated rings. The monoisotopic (exact) mass is 361 g/mol. The molecule has 0 aromatic heterocycles. The summed E-state index contributed by atoms with van der Waals surface area (Å²) in [5.41, 5.74) is 0.167. The Morgan fingerprint density at radius 3 is 2.67 bits per heavy atom. The zero-order chi connectivity index (χ0) is 17.7. The first kappa shape index (κ1) is 19.1. The maximum Gasteiger partial charge on any atom is 0.419 e. The van der Waals surface area contributed by atoms with E-state index in [2.05, 4.69) is 4.40 Å². The summed E-state index contributed by atoms with van der Waals surface area (Å²) in [6.45, 7) is 3.94. The predicted molar refractivity (Wildman–Crippen MR) is 89.8 cm³/mol. The van der Waals surface area contributed by atoms with Crippen LogP contribution < -0.4 is 4.74 Å². The third-order valence-corrected chi connectivity index (χ3v) is 4.90. The quantitative estimate of drug-likeness (QED) is 0.495. The van der Waals surface area contributed by atoms with Crippen molar-refractivity contribution in [3.63, 3.8) is 0 Å². The molecule has 1 atom stereocenters. The Morgan fingerprint density at radius 1 is 1.38 bits per heavy atom. The van der Waals surface area contributed by atoms with E-state index in [0.717, 1.165) is 31.7 Å². The normalized spacial score (nSPS) is 17.0. The lowest BCUT2D eigenvalue weighted by Gasteiger charge is -2.15. The maximum absolute atomic E-state index is 13.1. The minimum absolute atomic E-state index is 0.180. The van der Waals surface area contributed by atoms with E-state index in [0.29, 0.717) is 29.6 Å². The second kappa shape index (κ2) is 8.25. The first-order valence-corrected chi connectivity index (χ1v) is 9.37. The fourth-order valence-corrected chi connectivity index (χ4v) is 3.15. The second-order valence-corrected chi connectivity index (χ2v) is 7.25. The van der Waals surface area contributed by atoms with Crippen LogP contribution in [-0.2, 0) is 17.5 Å². The van der Waals surface area contributed by atoms with Gasteiger partial charge in [0.25, 0.3) is 0 Å². The van der Waals surface area contributed by atoms with Crippen LogP contribution in [-0.4, -0.2) is 22.6 Å². The summed E-state index contributed by atoms with van der Waals surface area (Å²) in [6, 6.07) is 3.70. The number of benzene rings is 1. The minimum atomic E-state index is -4.47. The summed E-state index contributed by atoms with van der Waals surface area (Å²) < 4.78 is 60.6. The van der Waals surface area contributed by atoms with Gasteiger partial charge in [-0.05, 0) is 44.2 Å². The van der Waals surface area contributed by atoms with Crippen molar-refractivity contribution in [2.24, 2.45) is 10.3 Å². The van der Waals surface area contributed by atoms with Gasteiger partial charge in [0.05, 0.1) is 29.2 Å². The van der Waals surface area contributed by atoms with Crippen LogP contribution in [0.1, 0.15) is 50.7 Å². The van der Waals surface area contributed by atoms with Crippen LogP contribution in [0.3, 0.4) is 0 Å². The summed E-state index contributed by atoms with van der Waals surface area (Å²) in [5.74, 6) is 0.631. The average molecular weight is 361 g/mol. The minimum Gasteiger partial charge on any atom is -0.591 e. The average Bonchev–Trinajstić information content (AvgIpc) is 3.34. The summed E-state index contributed by atoms with van der Waals surface area (Å²) >= 11 is -1.36. The fourth-order valence-electron chi connectivity index (χ4n) is 2.11. The van der Waals surface area contributed by atoms with Gasteiger partial charge in [-0.15, -0.1) is 0 Å². The molecular formula is C17H22F3NO2S. The highest BCUT2D eigenvalue weighted by molar-refractivity contribution is 7.90. The standard InChI is InChI=1S/C17H22F3NO2S/c1-3-4-9-24(22)21-12(2)14-7-8-15(17(18,19)20)16(10-14)23-11-13-5-6-13/h7-8,10,13H,3-6,9,11H2,1-2H3/b21-12+/t24-/m0/s1. The Labute approximate surface area is 143 Å². The summed E-state index contributed by atoms with van der Waals surface area (Å²) in [5, 5.41) is 0. The van der Waals surface area contributed by atoms with Crippen molar-refractivity contribution in [2.45, 2.75) is 45.7 Å². The summed E-state index contributed by atoms with van der Waals surface area (Å²) in [6.07, 6.45) is -0.756. The number of hydrogen-bond acceptors (Lipinski definition) is 3. The van der Waals surface area contributed by atoms with Crippen LogP contribution in [0.4, 0.5) is 13.2 Å². The van der Waals surface area contributed by atoms with Crippen molar-refractivity contribution in [1.82, 2.24) is 0 Å². The third kappa shape index (κ3) is 5.70. The number of alkyl halides is 3. The molecule has 0 unspecified atom stereocenters. The van der Waals surface area contributed by atoms with E-state index in [9.17, 15) is 17.7 Å². The van der Waals surface area contributed by atoms with Crippen LogP contribution in [0.15, 0.2) is 22.6 Å². The van der Waals surface area contributed by atoms with Gasteiger partial charge in [-0.3, -0.25) is 0 Å². The topological polar surface area (TPSA) is 44.7 Å². The van der Waals surface area contributed by atoms with Gasteiger partial charge >= 0.3 is 6.18 Å². The highest BCUT2D eigenvalue weighted by Crippen LogP contribution is 2.38. The molecular weight excluding hydrogens is 339 g/mol. The van der Waals surface area contributed by atoms with E-state index >= 15 is 0 Å². The van der Waals surface area contributed by atoms with Crippen molar-refractivity contribution >= 4 is 17.1 Å². The molecule has 134 valence electrons. The Hall–Kier alpha value is -1.21. The molecule has 1 aromatic rings. The third-order valence-electron chi connectivity index (χ3n) is 3.79. The number of nitrogens with zero attached hydrogens (tertiary/aromatic N) is 1. The van der Waals surface area contributed by atoms with Crippen molar-refractivity contribution in [1.29, 1.82) is 0 Å². The molecule has 0 heterocycles. The molecule has 0 saturated heterocycles. The smallest absolute Gasteiger partial charge is 0.419 e. The van der Waals surface area contributed by atoms with Gasteiger partial charge in [-0.2, -0.15) is 13.2 Å². The van der Waals surface area contributed by atoms with E-state index < -0.39 is 23.1 Å². The molecule has 1 aliphatic carbocycles. The highest BCUT2D eigenvalue weighted by atomic mass is 32.2. The molecule has 0 radical (unpaired) electrons. The molecule has 1 aliphatic rings. The van der Waals surface area contributed by atoms with Gasteiger partial charge in [0, 0.05) is 5.56 Å². The van der Waals surface area contributed by atoms with Crippen molar-refractivity contribution in [3.05, 3.63) is 29.3 Å². The number of ether oxygens (including phenoxy) is 1. The molecule has 0 spiro atoms. The van der Waals surface area contributed by atoms with Gasteiger partial charge in [0.2, 0.25) is 0 Å². The largest absolute Gasteiger partial charge is 0.591 e. The van der Waals surface area contributed by atoms with Crippen molar-refractivity contribution < 1.29 is 22.5 Å². The summed E-state index contributed by atoms with van der Waals surface area (Å²) in [7, 11) is 0. The molecule has 0 N–H and O–H groups in total. The lowest BCUT2D eigenvalue weighted by atomic mass is 10.1. The lowest BCUT2D eigenvalue weighted by Crippen LogP contribution is -2.12. The SMILES string of the molecule is CCCC[S@+]([O-])/N=C(\C)c1ccc(C(F)(F)F)c(OCC2CC2)c1. The molecule has 0 aliphatic heterocycles. The Kier molecular flexibility index (Phi) is 6.57. The lowest BCUT2D eigenvalue weighted by molar-refractivity contribution is -0.139. The molecule has 7 heteroatoms. The maximum atomic E-state index is 13.1. The number of unbranched alkanes of at least 4 members (excludes halogenated alkanes) is 1. The number of hydrogen-bond donors (Lipinski definition) is 0. The second-order valence-electron chi connectivity index (χ2n) is 6.02. The zero-order valence-electron chi connectivity index (χ0n) is 13.9. The Balaban J connectivity index is 2.20. The van der Waals surface area contributed by atoms with Crippen LogP contribution in [0.25, 0.3) is 0 Å². The molecule has 0 amide bonds. The van der Waals surface area contributed by atoms with Crippen molar-refractivity contribution in [3.8, 4) is 5.75 Å². The van der Waals surface area contributed by atoms with E-state index in [1.807, 2.05) is 6.92 Å². The summed E-state index contributed by atoms with van der Waals surface area (Å²) in [4.78, 5) is 0. The Morgan fingerprint density at radius 2 is 2.08 bits per heavy atom. The van der Waals surface area contributed by atoms with E-state index in [1.165, 1.54) is 12.1 Å². The molecule has 2 rings (SSSR count). The van der Waals surface area contributed by atoms with E-state index in [1.54, 1.807) is 6.92 Å². The van der Waals surface area contributed by atoms with Crippen LogP contribution in [0, 0.1) is 5.92 Å². The highest BCUT2D eigenvalue weighted by Gasteiger charge is 2.35. The van der Waals surface area contributed by atoms with Crippen LogP contribution >= 0.6 is 0 Å². The van der Waals surface area contributed by atoms with Gasteiger partial charge < -0.3 is 9.29 Å². The number of halogens is 3. The van der Waals surface area contributed by atoms with Gasteiger partial charge in [-0.25, -0.2) is 0 Å². The van der Waals surface area contributed by atoms with E-state index in [4.69, 9.17) is 4.74 Å². The number of rotatable bonds is 8. The van der Waals surface area contributed by atoms with Crippen LogP contribution in [0.2, 0.25) is 0 Å². The first-order valence-electron chi connectivity index (χ1n) is 8.09. The first-order chi connectivity index (χ1) is 11.3. The predicted octanol–water partition coefficient (Wildman–Crippen LogP) is 4.77. The van der Waals surface area contributed by atoms with Crippen LogP contribution in [0.5, 0.6) is 5.75 Å². The van der Waals surface area contributed by atoms with E-state index in [-0.39, 0.29) is 5.75 Å². The van der Waals surface area contributed by atoms with Gasteiger partial charge in [0.1, 0.15) is 11.5 Å². The molecule has 3 nitrogen and oxygen atoms in total. The molecule has 1 aromatic carbocycles.